The summed E-state index contributed by atoms with van der Waals surface area (Å²) in [5.74, 6) is -0.0288. The smallest absolute Gasteiger partial charge is 0.245 e. The fraction of sp³-hybridized carbons (Fsp3) is 0.625. The van der Waals surface area contributed by atoms with Crippen molar-refractivity contribution in [1.29, 1.82) is 0 Å². The SMILES string of the molecule is CCCn1cc(S(=O)(=O)NCCO)c(N)n1. The maximum absolute atomic E-state index is 11.7. The lowest BCUT2D eigenvalue weighted by Crippen LogP contribution is -2.26. The maximum Gasteiger partial charge on any atom is 0.245 e. The van der Waals surface area contributed by atoms with Crippen LogP contribution in [0.5, 0.6) is 0 Å². The summed E-state index contributed by atoms with van der Waals surface area (Å²) in [5.41, 5.74) is 5.52. The van der Waals surface area contributed by atoms with Crippen LogP contribution in [0.25, 0.3) is 0 Å². The summed E-state index contributed by atoms with van der Waals surface area (Å²) in [6.45, 7) is 2.26. The van der Waals surface area contributed by atoms with Gasteiger partial charge in [0.2, 0.25) is 10.0 Å². The van der Waals surface area contributed by atoms with Crippen molar-refractivity contribution in [3.63, 3.8) is 0 Å². The summed E-state index contributed by atoms with van der Waals surface area (Å²) in [5, 5.41) is 12.4. The van der Waals surface area contributed by atoms with Crippen LogP contribution in [0.2, 0.25) is 0 Å². The lowest BCUT2D eigenvalue weighted by atomic mass is 10.5. The van der Waals surface area contributed by atoms with Gasteiger partial charge in [-0.05, 0) is 6.42 Å². The molecule has 1 rings (SSSR count). The standard InChI is InChI=1S/C8H16N4O3S/c1-2-4-12-6-7(8(9)11-12)16(14,15)10-3-5-13/h6,10,13H,2-5H2,1H3,(H2,9,11). The second-order valence-electron chi connectivity index (χ2n) is 3.26. The number of aryl methyl sites for hydroxylation is 1. The number of aliphatic hydroxyl groups excluding tert-OH is 1. The molecule has 1 heterocycles. The molecule has 92 valence electrons. The molecule has 7 nitrogen and oxygen atoms in total. The highest BCUT2D eigenvalue weighted by atomic mass is 32.2. The van der Waals surface area contributed by atoms with Crippen LogP contribution >= 0.6 is 0 Å². The first kappa shape index (κ1) is 12.9. The molecule has 0 aromatic carbocycles. The van der Waals surface area contributed by atoms with Gasteiger partial charge in [0.05, 0.1) is 6.61 Å². The zero-order chi connectivity index (χ0) is 12.2. The van der Waals surface area contributed by atoms with Crippen molar-refractivity contribution in [1.82, 2.24) is 14.5 Å². The van der Waals surface area contributed by atoms with Crippen LogP contribution in [0.3, 0.4) is 0 Å². The topological polar surface area (TPSA) is 110 Å². The predicted octanol–water partition coefficient (Wildman–Crippen LogP) is -0.854. The number of nitrogens with two attached hydrogens (primary N) is 1. The van der Waals surface area contributed by atoms with E-state index in [0.29, 0.717) is 6.54 Å². The van der Waals surface area contributed by atoms with E-state index in [1.54, 1.807) is 0 Å². The monoisotopic (exact) mass is 248 g/mol. The molecule has 0 radical (unpaired) electrons. The Labute approximate surface area is 94.3 Å². The molecule has 0 bridgehead atoms. The van der Waals surface area contributed by atoms with Crippen LogP contribution in [-0.4, -0.2) is 36.5 Å². The van der Waals surface area contributed by atoms with E-state index in [9.17, 15) is 8.42 Å². The minimum absolute atomic E-state index is 0.0288. The van der Waals surface area contributed by atoms with Gasteiger partial charge in [-0.2, -0.15) is 5.10 Å². The predicted molar refractivity (Wildman–Crippen MR) is 59.2 cm³/mol. The number of aromatic nitrogens is 2. The first-order valence-electron chi connectivity index (χ1n) is 4.94. The molecule has 0 saturated heterocycles. The Hall–Kier alpha value is -1.12. The number of aliphatic hydroxyl groups is 1. The lowest BCUT2D eigenvalue weighted by Gasteiger charge is -2.02. The number of nitrogens with one attached hydrogen (secondary N) is 1. The Balaban J connectivity index is 2.94. The molecule has 0 unspecified atom stereocenters. The first-order valence-corrected chi connectivity index (χ1v) is 6.43. The summed E-state index contributed by atoms with van der Waals surface area (Å²) >= 11 is 0. The third kappa shape index (κ3) is 2.94. The molecular formula is C8H16N4O3S. The van der Waals surface area contributed by atoms with Gasteiger partial charge in [0.15, 0.2) is 5.82 Å². The minimum atomic E-state index is -3.67. The lowest BCUT2D eigenvalue weighted by molar-refractivity contribution is 0.301. The number of sulfonamides is 1. The van der Waals surface area contributed by atoms with E-state index >= 15 is 0 Å². The summed E-state index contributed by atoms with van der Waals surface area (Å²) in [7, 11) is -3.67. The quantitative estimate of drug-likeness (QED) is 0.607. The molecule has 16 heavy (non-hydrogen) atoms. The summed E-state index contributed by atoms with van der Waals surface area (Å²) in [4.78, 5) is -0.0469. The van der Waals surface area contributed by atoms with Gasteiger partial charge in [0.25, 0.3) is 0 Å². The van der Waals surface area contributed by atoms with E-state index in [2.05, 4.69) is 9.82 Å². The Bertz CT molecular complexity index is 440. The Kier molecular flexibility index (Phi) is 4.27. The van der Waals surface area contributed by atoms with E-state index in [4.69, 9.17) is 10.8 Å². The molecule has 0 aliphatic heterocycles. The average Bonchev–Trinajstić information content (AvgIpc) is 2.58. The fourth-order valence-electron chi connectivity index (χ4n) is 1.23. The summed E-state index contributed by atoms with van der Waals surface area (Å²) in [6, 6.07) is 0. The molecule has 0 spiro atoms. The molecule has 1 aromatic heterocycles. The molecule has 4 N–H and O–H groups in total. The van der Waals surface area contributed by atoms with Gasteiger partial charge in [-0.25, -0.2) is 13.1 Å². The average molecular weight is 248 g/mol. The highest BCUT2D eigenvalue weighted by Crippen LogP contribution is 2.15. The van der Waals surface area contributed by atoms with Crippen molar-refractivity contribution in [3.05, 3.63) is 6.20 Å². The second kappa shape index (κ2) is 5.28. The normalized spacial score (nSPS) is 11.9. The first-order chi connectivity index (χ1) is 7.51. The largest absolute Gasteiger partial charge is 0.395 e. The van der Waals surface area contributed by atoms with E-state index in [-0.39, 0.29) is 23.9 Å². The van der Waals surface area contributed by atoms with Gasteiger partial charge >= 0.3 is 0 Å². The Morgan fingerprint density at radius 2 is 2.31 bits per heavy atom. The highest BCUT2D eigenvalue weighted by Gasteiger charge is 2.20. The molecule has 0 amide bonds. The van der Waals surface area contributed by atoms with E-state index in [0.717, 1.165) is 6.42 Å². The summed E-state index contributed by atoms with van der Waals surface area (Å²) < 4.78 is 27.0. The van der Waals surface area contributed by atoms with Gasteiger partial charge in [0, 0.05) is 19.3 Å². The summed E-state index contributed by atoms with van der Waals surface area (Å²) in [6.07, 6.45) is 2.23. The van der Waals surface area contributed by atoms with Gasteiger partial charge in [0.1, 0.15) is 4.90 Å². The Morgan fingerprint density at radius 3 is 2.88 bits per heavy atom. The molecule has 0 aliphatic rings. The Morgan fingerprint density at radius 1 is 1.62 bits per heavy atom. The van der Waals surface area contributed by atoms with Gasteiger partial charge in [-0.1, -0.05) is 6.92 Å². The number of anilines is 1. The molecule has 0 fully saturated rings. The van der Waals surface area contributed by atoms with Crippen LogP contribution in [0, 0.1) is 0 Å². The minimum Gasteiger partial charge on any atom is -0.395 e. The van der Waals surface area contributed by atoms with Crippen molar-refractivity contribution in [3.8, 4) is 0 Å². The van der Waals surface area contributed by atoms with E-state index in [1.807, 2.05) is 6.92 Å². The van der Waals surface area contributed by atoms with Crippen molar-refractivity contribution in [2.75, 3.05) is 18.9 Å². The second-order valence-corrected chi connectivity index (χ2v) is 5.00. The van der Waals surface area contributed by atoms with Crippen molar-refractivity contribution < 1.29 is 13.5 Å². The third-order valence-corrected chi connectivity index (χ3v) is 3.38. The van der Waals surface area contributed by atoms with Crippen molar-refractivity contribution >= 4 is 15.8 Å². The molecular weight excluding hydrogens is 232 g/mol. The molecule has 1 aromatic rings. The van der Waals surface area contributed by atoms with Crippen LogP contribution in [0.1, 0.15) is 13.3 Å². The van der Waals surface area contributed by atoms with Gasteiger partial charge < -0.3 is 10.8 Å². The molecule has 0 aliphatic carbocycles. The van der Waals surface area contributed by atoms with E-state index < -0.39 is 10.0 Å². The highest BCUT2D eigenvalue weighted by molar-refractivity contribution is 7.89. The van der Waals surface area contributed by atoms with Crippen LogP contribution in [-0.2, 0) is 16.6 Å². The van der Waals surface area contributed by atoms with Crippen LogP contribution in [0.15, 0.2) is 11.1 Å². The third-order valence-electron chi connectivity index (χ3n) is 1.90. The molecule has 0 atom stereocenters. The number of hydrogen-bond donors (Lipinski definition) is 3. The fourth-order valence-corrected chi connectivity index (χ4v) is 2.32. The van der Waals surface area contributed by atoms with Gasteiger partial charge in [-0.15, -0.1) is 0 Å². The van der Waals surface area contributed by atoms with Gasteiger partial charge in [-0.3, -0.25) is 4.68 Å². The number of hydrogen-bond acceptors (Lipinski definition) is 5. The van der Waals surface area contributed by atoms with Crippen LogP contribution in [0.4, 0.5) is 5.82 Å². The zero-order valence-electron chi connectivity index (χ0n) is 9.05. The zero-order valence-corrected chi connectivity index (χ0v) is 9.87. The van der Waals surface area contributed by atoms with E-state index in [1.165, 1.54) is 10.9 Å². The van der Waals surface area contributed by atoms with Crippen LogP contribution < -0.4 is 10.5 Å². The molecule has 8 heteroatoms. The van der Waals surface area contributed by atoms with Crippen molar-refractivity contribution in [2.24, 2.45) is 0 Å². The molecule has 0 saturated carbocycles. The number of rotatable bonds is 6. The maximum atomic E-state index is 11.7. The number of nitrogens with zero attached hydrogens (tertiary/aromatic N) is 2. The van der Waals surface area contributed by atoms with Crippen molar-refractivity contribution in [2.45, 2.75) is 24.8 Å². The number of nitrogen functional groups attached to an aromatic ring is 1.